The van der Waals surface area contributed by atoms with Gasteiger partial charge in [0, 0.05) is 23.8 Å². The largest absolute Gasteiger partial charge is 0.366 e. The third-order valence-corrected chi connectivity index (χ3v) is 8.02. The molecule has 29 heavy (non-hydrogen) atoms. The lowest BCUT2D eigenvalue weighted by Crippen LogP contribution is -2.49. The summed E-state index contributed by atoms with van der Waals surface area (Å²) < 4.78 is 0. The lowest BCUT2D eigenvalue weighted by atomic mass is 9.51. The number of Topliss-reactive ketones (excluding diaryl/α,β-unsaturated/α-hetero) is 1. The van der Waals surface area contributed by atoms with E-state index in [0.29, 0.717) is 29.6 Å². The first-order chi connectivity index (χ1) is 14.0. The molecular formula is C26H37NO2. The van der Waals surface area contributed by atoms with Crippen LogP contribution in [0.1, 0.15) is 105 Å². The molecule has 0 bridgehead atoms. The maximum atomic E-state index is 12.6. The van der Waals surface area contributed by atoms with E-state index in [1.165, 1.54) is 56.1 Å². The Bertz CT molecular complexity index is 766. The second-order valence-corrected chi connectivity index (χ2v) is 10.0. The molecule has 0 spiro atoms. The van der Waals surface area contributed by atoms with E-state index in [2.05, 4.69) is 13.0 Å². The Balaban J connectivity index is 1.58. The van der Waals surface area contributed by atoms with E-state index in [4.69, 9.17) is 5.73 Å². The van der Waals surface area contributed by atoms with E-state index in [-0.39, 0.29) is 11.3 Å². The van der Waals surface area contributed by atoms with Crippen LogP contribution in [0, 0.1) is 17.8 Å². The minimum absolute atomic E-state index is 0.0815. The van der Waals surface area contributed by atoms with Gasteiger partial charge in [0.2, 0.25) is 5.91 Å². The van der Waals surface area contributed by atoms with Gasteiger partial charge in [-0.2, -0.15) is 0 Å². The molecule has 158 valence electrons. The third kappa shape index (κ3) is 4.29. The van der Waals surface area contributed by atoms with Crippen LogP contribution >= 0.6 is 0 Å². The molecule has 2 saturated carbocycles. The van der Waals surface area contributed by atoms with Gasteiger partial charge in [-0.1, -0.05) is 57.9 Å². The number of amides is 1. The maximum absolute atomic E-state index is 12.6. The number of carbonyl (C=O) groups excluding carboxylic acids is 2. The average molecular weight is 396 g/mol. The fraction of sp³-hybridized carbons (Fsp3) is 0.692. The molecule has 4 rings (SSSR count). The van der Waals surface area contributed by atoms with Crippen molar-refractivity contribution in [1.82, 2.24) is 0 Å². The molecule has 1 aromatic carbocycles. The number of primary amides is 1. The Morgan fingerprint density at radius 3 is 2.66 bits per heavy atom. The molecule has 3 heteroatoms. The molecule has 0 radical (unpaired) electrons. The second kappa shape index (κ2) is 8.62. The van der Waals surface area contributed by atoms with Crippen LogP contribution < -0.4 is 5.73 Å². The zero-order chi connectivity index (χ0) is 20.4. The zero-order valence-corrected chi connectivity index (χ0v) is 18.1. The average Bonchev–Trinajstić information content (AvgIpc) is 3.51. The van der Waals surface area contributed by atoms with Crippen LogP contribution in [0.4, 0.5) is 0 Å². The number of rotatable bonds is 9. The molecule has 2 fully saturated rings. The lowest BCUT2D eigenvalue weighted by Gasteiger charge is -2.52. The minimum Gasteiger partial charge on any atom is -0.366 e. The molecule has 1 amide bonds. The Morgan fingerprint density at radius 1 is 1.14 bits per heavy atom. The number of fused-ring (bicyclic) bond motifs is 3. The first-order valence-corrected chi connectivity index (χ1v) is 12.0. The van der Waals surface area contributed by atoms with Gasteiger partial charge >= 0.3 is 0 Å². The Hall–Kier alpha value is -1.64. The number of hydrogen-bond acceptors (Lipinski definition) is 2. The van der Waals surface area contributed by atoms with Gasteiger partial charge in [-0.05, 0) is 66.7 Å². The van der Waals surface area contributed by atoms with Crippen molar-refractivity contribution in [2.24, 2.45) is 23.5 Å². The molecule has 0 aliphatic heterocycles. The molecule has 3 atom stereocenters. The number of carbonyl (C=O) groups is 2. The van der Waals surface area contributed by atoms with Crippen molar-refractivity contribution in [3.05, 3.63) is 34.9 Å². The van der Waals surface area contributed by atoms with Crippen LogP contribution in [0.25, 0.3) is 0 Å². The molecule has 0 aromatic heterocycles. The number of nitrogens with two attached hydrogens (primary N) is 1. The SMILES string of the molecule is CCCC12CC(=O)CCC1C(CCCCCC1CC1)Cc1ccc(C(N)=O)cc12. The number of ketones is 1. The Labute approximate surface area is 175 Å². The van der Waals surface area contributed by atoms with Crippen LogP contribution in [0.3, 0.4) is 0 Å². The van der Waals surface area contributed by atoms with E-state index >= 15 is 0 Å². The molecule has 0 saturated heterocycles. The first kappa shape index (κ1) is 20.6. The molecule has 0 heterocycles. The third-order valence-electron chi connectivity index (χ3n) is 8.02. The summed E-state index contributed by atoms with van der Waals surface area (Å²) in [6.07, 6.45) is 15.3. The minimum atomic E-state index is -0.365. The summed E-state index contributed by atoms with van der Waals surface area (Å²) in [6.45, 7) is 2.23. The van der Waals surface area contributed by atoms with E-state index < -0.39 is 0 Å². The van der Waals surface area contributed by atoms with Crippen molar-refractivity contribution in [2.75, 3.05) is 0 Å². The van der Waals surface area contributed by atoms with E-state index in [0.717, 1.165) is 38.0 Å². The Morgan fingerprint density at radius 2 is 1.93 bits per heavy atom. The van der Waals surface area contributed by atoms with Gasteiger partial charge in [-0.15, -0.1) is 0 Å². The van der Waals surface area contributed by atoms with Crippen LogP contribution in [-0.2, 0) is 16.6 Å². The van der Waals surface area contributed by atoms with Gasteiger partial charge in [-0.25, -0.2) is 0 Å². The molecule has 2 N–H and O–H groups in total. The summed E-state index contributed by atoms with van der Waals surface area (Å²) in [6, 6.07) is 6.05. The van der Waals surface area contributed by atoms with Crippen molar-refractivity contribution >= 4 is 11.7 Å². The highest BCUT2D eigenvalue weighted by atomic mass is 16.1. The summed E-state index contributed by atoms with van der Waals surface area (Å²) in [5.41, 5.74) is 8.73. The fourth-order valence-corrected chi connectivity index (χ4v) is 6.52. The number of benzene rings is 1. The molecule has 3 aliphatic carbocycles. The highest BCUT2D eigenvalue weighted by Gasteiger charge is 2.50. The summed E-state index contributed by atoms with van der Waals surface area (Å²) in [4.78, 5) is 24.5. The van der Waals surface area contributed by atoms with Crippen molar-refractivity contribution in [3.63, 3.8) is 0 Å². The maximum Gasteiger partial charge on any atom is 0.248 e. The predicted octanol–water partition coefficient (Wildman–Crippen LogP) is 5.73. The van der Waals surface area contributed by atoms with E-state index in [1.807, 2.05) is 12.1 Å². The molecule has 3 aliphatic rings. The highest BCUT2D eigenvalue weighted by Crippen LogP contribution is 2.55. The molecule has 3 nitrogen and oxygen atoms in total. The zero-order valence-electron chi connectivity index (χ0n) is 18.1. The smallest absolute Gasteiger partial charge is 0.248 e. The van der Waals surface area contributed by atoms with Crippen molar-refractivity contribution < 1.29 is 9.59 Å². The van der Waals surface area contributed by atoms with Crippen molar-refractivity contribution in [3.8, 4) is 0 Å². The normalized spacial score (nSPS) is 28.7. The van der Waals surface area contributed by atoms with Gasteiger partial charge < -0.3 is 5.73 Å². The van der Waals surface area contributed by atoms with Crippen LogP contribution in [-0.4, -0.2) is 11.7 Å². The van der Waals surface area contributed by atoms with Crippen molar-refractivity contribution in [2.45, 2.75) is 95.8 Å². The lowest BCUT2D eigenvalue weighted by molar-refractivity contribution is -0.125. The van der Waals surface area contributed by atoms with Crippen LogP contribution in [0.5, 0.6) is 0 Å². The first-order valence-electron chi connectivity index (χ1n) is 12.0. The standard InChI is InChI=1S/C26H37NO2/c1-2-14-26-17-22(28)12-13-23(26)19(7-5-3-4-6-18-8-9-18)15-20-10-11-21(25(27)29)16-24(20)26/h10-11,16,18-19,23H,2-9,12-15,17H2,1H3,(H2,27,29). The van der Waals surface area contributed by atoms with Gasteiger partial charge in [0.1, 0.15) is 5.78 Å². The van der Waals surface area contributed by atoms with Gasteiger partial charge in [0.05, 0.1) is 0 Å². The fourth-order valence-electron chi connectivity index (χ4n) is 6.52. The summed E-state index contributed by atoms with van der Waals surface area (Å²) in [7, 11) is 0. The molecular weight excluding hydrogens is 358 g/mol. The monoisotopic (exact) mass is 395 g/mol. The number of unbranched alkanes of at least 4 members (excludes halogenated alkanes) is 2. The Kier molecular flexibility index (Phi) is 6.13. The highest BCUT2D eigenvalue weighted by molar-refractivity contribution is 5.93. The van der Waals surface area contributed by atoms with Crippen molar-refractivity contribution in [1.29, 1.82) is 0 Å². The number of hydrogen-bond donors (Lipinski definition) is 1. The van der Waals surface area contributed by atoms with Gasteiger partial charge in [-0.3, -0.25) is 9.59 Å². The van der Waals surface area contributed by atoms with E-state index in [1.54, 1.807) is 0 Å². The van der Waals surface area contributed by atoms with Crippen LogP contribution in [0.15, 0.2) is 18.2 Å². The predicted molar refractivity (Wildman–Crippen MR) is 117 cm³/mol. The summed E-state index contributed by atoms with van der Waals surface area (Å²) in [5, 5.41) is 0. The quantitative estimate of drug-likeness (QED) is 0.543. The topological polar surface area (TPSA) is 60.2 Å². The van der Waals surface area contributed by atoms with Gasteiger partial charge in [0.15, 0.2) is 0 Å². The summed E-state index contributed by atoms with van der Waals surface area (Å²) in [5.74, 6) is 2.31. The summed E-state index contributed by atoms with van der Waals surface area (Å²) >= 11 is 0. The molecule has 1 aromatic rings. The molecule has 3 unspecified atom stereocenters. The van der Waals surface area contributed by atoms with E-state index in [9.17, 15) is 9.59 Å². The van der Waals surface area contributed by atoms with Crippen LogP contribution in [0.2, 0.25) is 0 Å². The van der Waals surface area contributed by atoms with Gasteiger partial charge in [0.25, 0.3) is 0 Å². The second-order valence-electron chi connectivity index (χ2n) is 10.0.